The molecule has 2 fully saturated rings. The third-order valence-corrected chi connectivity index (χ3v) is 7.36. The molecule has 1 aliphatic heterocycles. The van der Waals surface area contributed by atoms with Gasteiger partial charge in [0.1, 0.15) is 11.0 Å². The Morgan fingerprint density at radius 2 is 1.88 bits per heavy atom. The first-order valence-corrected chi connectivity index (χ1v) is 11.4. The molecular formula is C23H23F3N4OS. The highest BCUT2D eigenvalue weighted by Gasteiger charge is 2.58. The average molecular weight is 461 g/mol. The third kappa shape index (κ3) is 4.36. The summed E-state index contributed by atoms with van der Waals surface area (Å²) in [6.07, 6.45) is -1.58. The summed E-state index contributed by atoms with van der Waals surface area (Å²) in [6, 6.07) is 11.3. The van der Waals surface area contributed by atoms with Crippen molar-refractivity contribution in [3.8, 4) is 0 Å². The first kappa shape index (κ1) is 21.3. The van der Waals surface area contributed by atoms with Crippen molar-refractivity contribution in [3.63, 3.8) is 0 Å². The van der Waals surface area contributed by atoms with E-state index in [1.165, 1.54) is 23.4 Å². The summed E-state index contributed by atoms with van der Waals surface area (Å²) in [6.45, 7) is 2.85. The Kier molecular flexibility index (Phi) is 5.41. The maximum Gasteiger partial charge on any atom is 0.416 e. The van der Waals surface area contributed by atoms with Crippen LogP contribution in [0.1, 0.15) is 36.0 Å². The van der Waals surface area contributed by atoms with Gasteiger partial charge in [-0.25, -0.2) is 0 Å². The number of aromatic nitrogens is 2. The second-order valence-electron chi connectivity index (χ2n) is 8.90. The number of fused-ring (bicyclic) bond motifs is 1. The Bertz CT molecular complexity index is 1140. The van der Waals surface area contributed by atoms with E-state index in [2.05, 4.69) is 31.1 Å². The lowest BCUT2D eigenvalue weighted by Crippen LogP contribution is -2.36. The molecule has 1 saturated heterocycles. The lowest BCUT2D eigenvalue weighted by molar-refractivity contribution is -0.137. The molecule has 2 aliphatic rings. The number of alkyl halides is 3. The maximum absolute atomic E-state index is 12.9. The van der Waals surface area contributed by atoms with E-state index in [-0.39, 0.29) is 23.8 Å². The second kappa shape index (κ2) is 8.12. The van der Waals surface area contributed by atoms with E-state index >= 15 is 0 Å². The first-order valence-electron chi connectivity index (χ1n) is 10.7. The number of nitrogens with zero attached hydrogens (tertiary/aromatic N) is 3. The molecule has 1 aliphatic carbocycles. The van der Waals surface area contributed by atoms with Gasteiger partial charge in [-0.15, -0.1) is 0 Å². The summed E-state index contributed by atoms with van der Waals surface area (Å²) in [5.74, 6) is -0.0785. The molecule has 1 atom stereocenters. The summed E-state index contributed by atoms with van der Waals surface area (Å²) in [5, 5.41) is 2.84. The van der Waals surface area contributed by atoms with E-state index in [1.807, 2.05) is 6.07 Å². The minimum atomic E-state index is -4.38. The third-order valence-electron chi connectivity index (χ3n) is 6.80. The topological polar surface area (TPSA) is 58.1 Å². The van der Waals surface area contributed by atoms with Crippen LogP contribution in [-0.2, 0) is 24.1 Å². The van der Waals surface area contributed by atoms with Gasteiger partial charge in [-0.3, -0.25) is 9.69 Å². The molecule has 2 aromatic carbocycles. The predicted molar refractivity (Wildman–Crippen MR) is 116 cm³/mol. The molecule has 9 heteroatoms. The van der Waals surface area contributed by atoms with Gasteiger partial charge in [-0.05, 0) is 73.2 Å². The smallest absolute Gasteiger partial charge is 0.352 e. The Balaban J connectivity index is 1.12. The van der Waals surface area contributed by atoms with Crippen LogP contribution in [0.15, 0.2) is 42.5 Å². The molecule has 2 heterocycles. The predicted octanol–water partition coefficient (Wildman–Crippen LogP) is 4.63. The van der Waals surface area contributed by atoms with Crippen molar-refractivity contribution in [1.29, 1.82) is 0 Å². The lowest BCUT2D eigenvalue weighted by atomic mass is 9.90. The van der Waals surface area contributed by atoms with E-state index in [0.717, 1.165) is 62.1 Å². The number of hydrogen-bond acceptors (Lipinski definition) is 5. The Hall–Kier alpha value is -2.52. The normalized spacial score (nSPS) is 20.5. The molecule has 1 N–H and O–H groups in total. The minimum Gasteiger partial charge on any atom is -0.352 e. The van der Waals surface area contributed by atoms with E-state index < -0.39 is 11.7 Å². The van der Waals surface area contributed by atoms with Gasteiger partial charge in [0.05, 0.1) is 17.3 Å². The fourth-order valence-corrected chi connectivity index (χ4v) is 5.30. The number of piperidine rings is 1. The zero-order valence-electron chi connectivity index (χ0n) is 17.4. The van der Waals surface area contributed by atoms with Gasteiger partial charge in [-0.2, -0.15) is 21.9 Å². The largest absolute Gasteiger partial charge is 0.416 e. The van der Waals surface area contributed by atoms with Crippen LogP contribution >= 0.6 is 11.7 Å². The first-order chi connectivity index (χ1) is 15.3. The number of carbonyl (C=O) groups is 1. The van der Waals surface area contributed by atoms with Crippen molar-refractivity contribution < 1.29 is 18.0 Å². The van der Waals surface area contributed by atoms with Crippen LogP contribution in [0, 0.1) is 11.3 Å². The fraction of sp³-hybridized carbons (Fsp3) is 0.435. The number of carbonyl (C=O) groups excluding carboxylic acids is 1. The standard InChI is InChI=1S/C23H23F3N4OS/c24-23(25,26)17-3-1-2-15(10-17)13-27-21(31)18-12-22(18)6-8-30(9-7-22)14-16-4-5-19-20(11-16)29-32-28-19/h1-5,10-11,18H,6-9,12-14H2,(H,27,31)/t18-/m1/s1. The second-order valence-corrected chi connectivity index (χ2v) is 9.43. The molecule has 1 amide bonds. The number of halogens is 3. The van der Waals surface area contributed by atoms with Gasteiger partial charge in [0, 0.05) is 19.0 Å². The SMILES string of the molecule is O=C(NCc1cccc(C(F)(F)F)c1)[C@H]1CC12CCN(Cc1ccc3nsnc3c1)CC2. The molecule has 32 heavy (non-hydrogen) atoms. The van der Waals surface area contributed by atoms with Crippen molar-refractivity contribution in [1.82, 2.24) is 19.0 Å². The molecule has 0 bridgehead atoms. The molecule has 0 radical (unpaired) electrons. The van der Waals surface area contributed by atoms with Crippen LogP contribution in [0.5, 0.6) is 0 Å². The van der Waals surface area contributed by atoms with E-state index in [9.17, 15) is 18.0 Å². The van der Waals surface area contributed by atoms with Gasteiger partial charge < -0.3 is 5.32 Å². The molecule has 1 aromatic heterocycles. The minimum absolute atomic E-state index is 0.0344. The highest BCUT2D eigenvalue weighted by Crippen LogP contribution is 2.59. The molecule has 0 unspecified atom stereocenters. The number of nitrogens with one attached hydrogen (secondary N) is 1. The maximum atomic E-state index is 12.9. The van der Waals surface area contributed by atoms with Crippen molar-refractivity contribution in [2.24, 2.45) is 11.3 Å². The number of rotatable bonds is 5. The summed E-state index contributed by atoms with van der Waals surface area (Å²) in [4.78, 5) is 15.1. The molecular weight excluding hydrogens is 437 g/mol. The summed E-state index contributed by atoms with van der Waals surface area (Å²) in [5.41, 5.74) is 2.90. The zero-order chi connectivity index (χ0) is 22.3. The Morgan fingerprint density at radius 3 is 2.66 bits per heavy atom. The van der Waals surface area contributed by atoms with E-state index in [4.69, 9.17) is 0 Å². The van der Waals surface area contributed by atoms with Crippen molar-refractivity contribution in [2.75, 3.05) is 13.1 Å². The molecule has 1 saturated carbocycles. The molecule has 1 spiro atoms. The molecule has 168 valence electrons. The number of likely N-dealkylation sites (tertiary alicyclic amines) is 1. The van der Waals surface area contributed by atoms with Crippen LogP contribution in [0.3, 0.4) is 0 Å². The van der Waals surface area contributed by atoms with Crippen LogP contribution in [0.4, 0.5) is 13.2 Å². The zero-order valence-corrected chi connectivity index (χ0v) is 18.2. The van der Waals surface area contributed by atoms with Crippen molar-refractivity contribution >= 4 is 28.7 Å². The molecule has 5 rings (SSSR count). The van der Waals surface area contributed by atoms with Gasteiger partial charge in [-0.1, -0.05) is 18.2 Å². The van der Waals surface area contributed by atoms with Crippen molar-refractivity contribution in [3.05, 3.63) is 59.2 Å². The van der Waals surface area contributed by atoms with Crippen LogP contribution < -0.4 is 5.32 Å². The average Bonchev–Trinajstić information content (AvgIpc) is 3.27. The van der Waals surface area contributed by atoms with E-state index in [1.54, 1.807) is 6.07 Å². The van der Waals surface area contributed by atoms with Gasteiger partial charge in [0.15, 0.2) is 0 Å². The summed E-state index contributed by atoms with van der Waals surface area (Å²) < 4.78 is 47.2. The molecule has 3 aromatic rings. The van der Waals surface area contributed by atoms with Crippen LogP contribution in [0.2, 0.25) is 0 Å². The van der Waals surface area contributed by atoms with Crippen molar-refractivity contribution in [2.45, 2.75) is 38.5 Å². The van der Waals surface area contributed by atoms with E-state index in [0.29, 0.717) is 5.56 Å². The van der Waals surface area contributed by atoms with Crippen LogP contribution in [0.25, 0.3) is 11.0 Å². The van der Waals surface area contributed by atoms with Gasteiger partial charge in [0.25, 0.3) is 0 Å². The highest BCUT2D eigenvalue weighted by atomic mass is 32.1. The quantitative estimate of drug-likeness (QED) is 0.603. The lowest BCUT2D eigenvalue weighted by Gasteiger charge is -2.32. The monoisotopic (exact) mass is 460 g/mol. The van der Waals surface area contributed by atoms with Crippen LogP contribution in [-0.4, -0.2) is 32.6 Å². The number of benzene rings is 2. The Morgan fingerprint density at radius 1 is 1.09 bits per heavy atom. The number of hydrogen-bond donors (Lipinski definition) is 1. The summed E-state index contributed by atoms with van der Waals surface area (Å²) >= 11 is 1.22. The fourth-order valence-electron chi connectivity index (χ4n) is 4.78. The number of amides is 1. The van der Waals surface area contributed by atoms with Gasteiger partial charge >= 0.3 is 6.18 Å². The van der Waals surface area contributed by atoms with Gasteiger partial charge in [0.2, 0.25) is 5.91 Å². The Labute approximate surface area is 188 Å². The highest BCUT2D eigenvalue weighted by molar-refractivity contribution is 7.00. The molecule has 5 nitrogen and oxygen atoms in total. The summed E-state index contributed by atoms with van der Waals surface area (Å²) in [7, 11) is 0.